The topological polar surface area (TPSA) is 92.4 Å². The maximum Gasteiger partial charge on any atom is 0.320 e. The maximum atomic E-state index is 11.2. The van der Waals surface area contributed by atoms with E-state index in [2.05, 4.69) is 5.32 Å². The number of carbonyl (C=O) groups is 2. The average molecular weight is 230 g/mol. The average Bonchev–Trinajstić information content (AvgIpc) is 2.15. The molecule has 1 atom stereocenters. The molecule has 0 rings (SSSR count). The van der Waals surface area contributed by atoms with Crippen LogP contribution < -0.4 is 11.1 Å². The number of hydrogen-bond donors (Lipinski definition) is 3. The maximum absolute atomic E-state index is 11.2. The molecule has 16 heavy (non-hydrogen) atoms. The molecule has 0 spiro atoms. The van der Waals surface area contributed by atoms with Gasteiger partial charge < -0.3 is 16.2 Å². The molecule has 4 N–H and O–H groups in total. The van der Waals surface area contributed by atoms with Crippen molar-refractivity contribution < 1.29 is 14.7 Å². The highest BCUT2D eigenvalue weighted by molar-refractivity contribution is 5.76. The predicted octanol–water partition coefficient (Wildman–Crippen LogP) is 0.731. The molecule has 5 heteroatoms. The summed E-state index contributed by atoms with van der Waals surface area (Å²) >= 11 is 0. The van der Waals surface area contributed by atoms with Gasteiger partial charge in [0, 0.05) is 13.0 Å². The lowest BCUT2D eigenvalue weighted by atomic mass is 10.1. The Hall–Kier alpha value is -1.10. The summed E-state index contributed by atoms with van der Waals surface area (Å²) in [5, 5.41) is 11.3. The number of amides is 1. The molecular weight excluding hydrogens is 208 g/mol. The van der Waals surface area contributed by atoms with Crippen LogP contribution in [-0.2, 0) is 9.59 Å². The molecule has 0 saturated heterocycles. The number of carbonyl (C=O) groups excluding carboxylic acids is 1. The highest BCUT2D eigenvalue weighted by Gasteiger charge is 2.10. The number of nitrogens with two attached hydrogens (primary N) is 1. The van der Waals surface area contributed by atoms with Crippen molar-refractivity contribution in [3.63, 3.8) is 0 Å². The first-order valence-electron chi connectivity index (χ1n) is 5.68. The Bertz CT molecular complexity index is 229. The summed E-state index contributed by atoms with van der Waals surface area (Å²) in [6.45, 7) is 4.58. The van der Waals surface area contributed by atoms with Crippen molar-refractivity contribution >= 4 is 11.9 Å². The van der Waals surface area contributed by atoms with Crippen LogP contribution >= 0.6 is 0 Å². The quantitative estimate of drug-likeness (QED) is 0.536. The summed E-state index contributed by atoms with van der Waals surface area (Å²) in [7, 11) is 0. The number of carboxylic acids is 1. The summed E-state index contributed by atoms with van der Waals surface area (Å²) in [5.41, 5.74) is 5.34. The predicted molar refractivity (Wildman–Crippen MR) is 61.9 cm³/mol. The minimum Gasteiger partial charge on any atom is -0.480 e. The lowest BCUT2D eigenvalue weighted by molar-refractivity contribution is -0.138. The van der Waals surface area contributed by atoms with Gasteiger partial charge in [-0.3, -0.25) is 9.59 Å². The first kappa shape index (κ1) is 14.9. The monoisotopic (exact) mass is 230 g/mol. The molecule has 5 nitrogen and oxygen atoms in total. The third kappa shape index (κ3) is 8.23. The van der Waals surface area contributed by atoms with Gasteiger partial charge in [0.15, 0.2) is 0 Å². The second kappa shape index (κ2) is 8.10. The van der Waals surface area contributed by atoms with Crippen molar-refractivity contribution in [2.75, 3.05) is 6.54 Å². The Morgan fingerprint density at radius 3 is 2.44 bits per heavy atom. The molecule has 94 valence electrons. The van der Waals surface area contributed by atoms with Gasteiger partial charge >= 0.3 is 5.97 Å². The van der Waals surface area contributed by atoms with E-state index in [1.54, 1.807) is 0 Å². The molecular formula is C11H22N2O3. The molecule has 0 heterocycles. The Morgan fingerprint density at radius 1 is 1.31 bits per heavy atom. The van der Waals surface area contributed by atoms with E-state index in [-0.39, 0.29) is 5.91 Å². The fourth-order valence-corrected chi connectivity index (χ4v) is 1.28. The number of hydrogen-bond acceptors (Lipinski definition) is 3. The van der Waals surface area contributed by atoms with E-state index < -0.39 is 12.0 Å². The third-order valence-electron chi connectivity index (χ3n) is 2.17. The third-order valence-corrected chi connectivity index (χ3v) is 2.17. The van der Waals surface area contributed by atoms with Gasteiger partial charge in [0.25, 0.3) is 0 Å². The van der Waals surface area contributed by atoms with Crippen molar-refractivity contribution in [1.29, 1.82) is 0 Å². The first-order valence-corrected chi connectivity index (χ1v) is 5.68. The highest BCUT2D eigenvalue weighted by Crippen LogP contribution is 2.00. The van der Waals surface area contributed by atoms with Crippen molar-refractivity contribution in [1.82, 2.24) is 5.32 Å². The van der Waals surface area contributed by atoms with Crippen LogP contribution in [0, 0.1) is 5.92 Å². The second-order valence-electron chi connectivity index (χ2n) is 4.39. The van der Waals surface area contributed by atoms with Crippen molar-refractivity contribution in [2.24, 2.45) is 11.7 Å². The van der Waals surface area contributed by atoms with E-state index in [1.165, 1.54) is 0 Å². The van der Waals surface area contributed by atoms with Crippen LogP contribution in [0.25, 0.3) is 0 Å². The van der Waals surface area contributed by atoms with E-state index in [4.69, 9.17) is 10.8 Å². The molecule has 0 bridgehead atoms. The molecule has 0 aliphatic carbocycles. The van der Waals surface area contributed by atoms with Gasteiger partial charge in [-0.1, -0.05) is 13.8 Å². The molecule has 0 aromatic carbocycles. The molecule has 0 aliphatic rings. The number of rotatable bonds is 8. The first-order chi connectivity index (χ1) is 7.43. The molecule has 1 amide bonds. The van der Waals surface area contributed by atoms with Crippen LogP contribution in [0.3, 0.4) is 0 Å². The zero-order valence-electron chi connectivity index (χ0n) is 10.0. The second-order valence-corrected chi connectivity index (χ2v) is 4.39. The van der Waals surface area contributed by atoms with Crippen molar-refractivity contribution in [2.45, 2.75) is 45.6 Å². The lowest BCUT2D eigenvalue weighted by Gasteiger charge is -2.08. The van der Waals surface area contributed by atoms with E-state index in [0.29, 0.717) is 25.3 Å². The van der Waals surface area contributed by atoms with Gasteiger partial charge in [0.05, 0.1) is 0 Å². The number of unbranched alkanes of at least 4 members (excludes halogenated alkanes) is 1. The summed E-state index contributed by atoms with van der Waals surface area (Å²) in [4.78, 5) is 21.6. The number of carboxylic acid groups (broad SMARTS) is 1. The summed E-state index contributed by atoms with van der Waals surface area (Å²) < 4.78 is 0. The number of aliphatic carboxylic acids is 1. The van der Waals surface area contributed by atoms with Crippen molar-refractivity contribution in [3.8, 4) is 0 Å². The zero-order valence-corrected chi connectivity index (χ0v) is 10.0. The van der Waals surface area contributed by atoms with Crippen LogP contribution in [0.4, 0.5) is 0 Å². The van der Waals surface area contributed by atoms with Gasteiger partial charge in [-0.15, -0.1) is 0 Å². The normalized spacial score (nSPS) is 12.5. The minimum absolute atomic E-state index is 0.0533. The van der Waals surface area contributed by atoms with Crippen LogP contribution in [0.15, 0.2) is 0 Å². The van der Waals surface area contributed by atoms with Gasteiger partial charge in [0.2, 0.25) is 5.91 Å². The zero-order chi connectivity index (χ0) is 12.6. The smallest absolute Gasteiger partial charge is 0.320 e. The van der Waals surface area contributed by atoms with Crippen LogP contribution in [0.1, 0.15) is 39.5 Å². The van der Waals surface area contributed by atoms with Gasteiger partial charge in [-0.25, -0.2) is 0 Å². The van der Waals surface area contributed by atoms with Gasteiger partial charge in [0.1, 0.15) is 6.04 Å². The summed E-state index contributed by atoms with van der Waals surface area (Å²) in [6.07, 6.45) is 2.48. The molecule has 0 aromatic rings. The van der Waals surface area contributed by atoms with E-state index in [0.717, 1.165) is 12.8 Å². The molecule has 0 radical (unpaired) electrons. The fourth-order valence-electron chi connectivity index (χ4n) is 1.28. The standard InChI is InChI=1S/C11H22N2O3/c1-8(2)7-10(14)13-6-4-3-5-9(12)11(15)16/h8-9H,3-7,12H2,1-2H3,(H,13,14)(H,15,16)/t9-/m1/s1. The largest absolute Gasteiger partial charge is 0.480 e. The van der Waals surface area contributed by atoms with E-state index in [9.17, 15) is 9.59 Å². The summed E-state index contributed by atoms with van der Waals surface area (Å²) in [6, 6.07) is -0.786. The van der Waals surface area contributed by atoms with Crippen LogP contribution in [0.2, 0.25) is 0 Å². The SMILES string of the molecule is CC(C)CC(=O)NCCCC[C@@H](N)C(=O)O. The molecule has 0 fully saturated rings. The molecule has 0 aromatic heterocycles. The molecule has 0 saturated carbocycles. The van der Waals surface area contributed by atoms with E-state index >= 15 is 0 Å². The van der Waals surface area contributed by atoms with Crippen LogP contribution in [0.5, 0.6) is 0 Å². The van der Waals surface area contributed by atoms with Crippen LogP contribution in [-0.4, -0.2) is 29.6 Å². The summed E-state index contributed by atoms with van der Waals surface area (Å²) in [5.74, 6) is -0.554. The Balaban J connectivity index is 3.40. The van der Waals surface area contributed by atoms with Crippen molar-refractivity contribution in [3.05, 3.63) is 0 Å². The fraction of sp³-hybridized carbons (Fsp3) is 0.818. The Labute approximate surface area is 96.4 Å². The Kier molecular flexibility index (Phi) is 7.54. The molecule has 0 unspecified atom stereocenters. The molecule has 0 aliphatic heterocycles. The lowest BCUT2D eigenvalue weighted by Crippen LogP contribution is -2.30. The number of nitrogens with one attached hydrogen (secondary N) is 1. The minimum atomic E-state index is -0.969. The van der Waals surface area contributed by atoms with E-state index in [1.807, 2.05) is 13.8 Å². The van der Waals surface area contributed by atoms with Gasteiger partial charge in [-0.2, -0.15) is 0 Å². The van der Waals surface area contributed by atoms with Gasteiger partial charge in [-0.05, 0) is 25.2 Å². The highest BCUT2D eigenvalue weighted by atomic mass is 16.4. The Morgan fingerprint density at radius 2 is 1.94 bits per heavy atom.